The summed E-state index contributed by atoms with van der Waals surface area (Å²) in [7, 11) is 0. The summed E-state index contributed by atoms with van der Waals surface area (Å²) in [5.74, 6) is 0.398. The van der Waals surface area contributed by atoms with E-state index in [9.17, 15) is 14.0 Å². The Morgan fingerprint density at radius 3 is 2.40 bits per heavy atom. The second kappa shape index (κ2) is 10.1. The van der Waals surface area contributed by atoms with Gasteiger partial charge in [-0.1, -0.05) is 12.1 Å². The number of anilines is 1. The molecule has 0 aliphatic carbocycles. The third-order valence-electron chi connectivity index (χ3n) is 4.70. The zero-order valence-electron chi connectivity index (χ0n) is 17.2. The van der Waals surface area contributed by atoms with Crippen LogP contribution in [0.3, 0.4) is 0 Å². The van der Waals surface area contributed by atoms with Crippen LogP contribution in [0.15, 0.2) is 36.4 Å². The van der Waals surface area contributed by atoms with Gasteiger partial charge in [0.1, 0.15) is 5.82 Å². The van der Waals surface area contributed by atoms with Gasteiger partial charge < -0.3 is 14.8 Å². The largest absolute Gasteiger partial charge is 0.490 e. The zero-order valence-corrected chi connectivity index (χ0v) is 17.2. The number of fused-ring (bicyclic) bond motifs is 1. The Bertz CT molecular complexity index is 919. The van der Waals surface area contributed by atoms with Crippen molar-refractivity contribution < 1.29 is 23.5 Å². The van der Waals surface area contributed by atoms with Crippen molar-refractivity contribution in [2.75, 3.05) is 31.6 Å². The Kier molecular flexibility index (Phi) is 7.24. The number of hydrogen-bond donors (Lipinski definition) is 2. The van der Waals surface area contributed by atoms with Crippen LogP contribution < -0.4 is 20.1 Å². The van der Waals surface area contributed by atoms with Gasteiger partial charge in [-0.15, -0.1) is 0 Å². The van der Waals surface area contributed by atoms with Crippen molar-refractivity contribution in [1.82, 2.24) is 10.2 Å². The van der Waals surface area contributed by atoms with Gasteiger partial charge in [0.2, 0.25) is 5.91 Å². The van der Waals surface area contributed by atoms with E-state index in [0.29, 0.717) is 32.1 Å². The van der Waals surface area contributed by atoms with Crippen LogP contribution in [0.25, 0.3) is 0 Å². The molecule has 3 rings (SSSR count). The van der Waals surface area contributed by atoms with E-state index in [4.69, 9.17) is 9.47 Å². The maximum absolute atomic E-state index is 13.6. The molecule has 0 spiro atoms. The monoisotopic (exact) mass is 415 g/mol. The van der Waals surface area contributed by atoms with Crippen molar-refractivity contribution in [2.24, 2.45) is 0 Å². The number of carbonyl (C=O) groups excluding carboxylic acids is 2. The van der Waals surface area contributed by atoms with E-state index in [2.05, 4.69) is 10.6 Å². The smallest absolute Gasteiger partial charge is 0.326 e. The first-order chi connectivity index (χ1) is 14.5. The van der Waals surface area contributed by atoms with Gasteiger partial charge in [-0.05, 0) is 55.7 Å². The van der Waals surface area contributed by atoms with Crippen LogP contribution in [-0.2, 0) is 17.8 Å². The van der Waals surface area contributed by atoms with Crippen LogP contribution in [0, 0.1) is 5.82 Å². The highest BCUT2D eigenvalue weighted by atomic mass is 19.1. The summed E-state index contributed by atoms with van der Waals surface area (Å²) < 4.78 is 25.0. The molecule has 0 unspecified atom stereocenters. The molecule has 1 aliphatic heterocycles. The minimum absolute atomic E-state index is 0.0169. The average molecular weight is 415 g/mol. The molecule has 1 aliphatic rings. The van der Waals surface area contributed by atoms with Crippen LogP contribution in [0.5, 0.6) is 11.5 Å². The molecule has 7 nitrogen and oxygen atoms in total. The topological polar surface area (TPSA) is 79.9 Å². The van der Waals surface area contributed by atoms with Crippen molar-refractivity contribution >= 4 is 17.6 Å². The van der Waals surface area contributed by atoms with E-state index in [1.165, 1.54) is 18.2 Å². The van der Waals surface area contributed by atoms with E-state index in [1.54, 1.807) is 6.07 Å². The summed E-state index contributed by atoms with van der Waals surface area (Å²) in [4.78, 5) is 26.2. The highest BCUT2D eigenvalue weighted by Gasteiger charge is 2.22. The van der Waals surface area contributed by atoms with Gasteiger partial charge in [-0.25, -0.2) is 9.18 Å². The van der Waals surface area contributed by atoms with Gasteiger partial charge in [0.05, 0.1) is 25.4 Å². The van der Waals surface area contributed by atoms with Crippen LogP contribution in [0.4, 0.5) is 14.9 Å². The van der Waals surface area contributed by atoms with Gasteiger partial charge in [0, 0.05) is 13.1 Å². The lowest BCUT2D eigenvalue weighted by Crippen LogP contribution is -2.43. The Hall–Kier alpha value is -3.13. The summed E-state index contributed by atoms with van der Waals surface area (Å²) >= 11 is 0. The van der Waals surface area contributed by atoms with Crippen LogP contribution in [-0.4, -0.2) is 43.1 Å². The Morgan fingerprint density at radius 2 is 1.73 bits per heavy atom. The normalized spacial score (nSPS) is 13.3. The minimum atomic E-state index is -0.762. The molecule has 160 valence electrons. The Labute approximate surface area is 175 Å². The first-order valence-electron chi connectivity index (χ1n) is 9.99. The minimum Gasteiger partial charge on any atom is -0.490 e. The molecule has 0 saturated carbocycles. The summed E-state index contributed by atoms with van der Waals surface area (Å²) in [6, 6.07) is 8.97. The van der Waals surface area contributed by atoms with Crippen molar-refractivity contribution in [1.29, 1.82) is 0 Å². The number of hydrogen-bond acceptors (Lipinski definition) is 5. The van der Waals surface area contributed by atoms with Gasteiger partial charge in [-0.2, -0.15) is 0 Å². The first kappa shape index (κ1) is 21.6. The molecular weight excluding hydrogens is 389 g/mol. The van der Waals surface area contributed by atoms with E-state index in [1.807, 2.05) is 30.9 Å². The number of para-hydroxylation sites is 1. The predicted molar refractivity (Wildman–Crippen MR) is 111 cm³/mol. The molecule has 0 bridgehead atoms. The fourth-order valence-electron chi connectivity index (χ4n) is 3.38. The van der Waals surface area contributed by atoms with E-state index in [-0.39, 0.29) is 12.2 Å². The van der Waals surface area contributed by atoms with Crippen molar-refractivity contribution in [2.45, 2.75) is 26.8 Å². The summed E-state index contributed by atoms with van der Waals surface area (Å²) in [6.07, 6.45) is 0.760. The number of nitrogens with one attached hydrogen (secondary N) is 2. The Morgan fingerprint density at radius 1 is 1.07 bits per heavy atom. The summed E-state index contributed by atoms with van der Waals surface area (Å²) in [6.45, 7) is 6.22. The maximum Gasteiger partial charge on any atom is 0.326 e. The zero-order chi connectivity index (χ0) is 21.5. The van der Waals surface area contributed by atoms with E-state index in [0.717, 1.165) is 23.3 Å². The Balaban J connectivity index is 1.58. The number of halogens is 1. The molecule has 0 fully saturated rings. The number of urea groups is 1. The first-order valence-corrected chi connectivity index (χ1v) is 9.99. The van der Waals surface area contributed by atoms with Crippen LogP contribution in [0.1, 0.15) is 25.0 Å². The predicted octanol–water partition coefficient (Wildman–Crippen LogP) is 3.33. The van der Waals surface area contributed by atoms with Crippen LogP contribution in [0.2, 0.25) is 0 Å². The van der Waals surface area contributed by atoms with E-state index < -0.39 is 17.8 Å². The molecule has 3 amide bonds. The van der Waals surface area contributed by atoms with Crippen molar-refractivity contribution in [3.05, 3.63) is 53.3 Å². The molecule has 2 N–H and O–H groups in total. The standard InChI is InChI=1S/C22H26FN3O4/c1-3-29-19-11-15-9-10-26(13-16(15)12-20(19)30-4-2)14-21(27)25-22(28)24-18-8-6-5-7-17(18)23/h5-8,11-12H,3-4,9-10,13-14H2,1-2H3,(H2,24,25,27,28). The molecule has 2 aromatic rings. The number of imide groups is 1. The second-order valence-corrected chi connectivity index (χ2v) is 6.88. The summed E-state index contributed by atoms with van der Waals surface area (Å²) in [5, 5.41) is 4.58. The molecule has 0 aromatic heterocycles. The van der Waals surface area contributed by atoms with Gasteiger partial charge in [0.15, 0.2) is 11.5 Å². The summed E-state index contributed by atoms with van der Waals surface area (Å²) in [5.41, 5.74) is 2.25. The lowest BCUT2D eigenvalue weighted by atomic mass is 9.99. The maximum atomic E-state index is 13.6. The molecule has 1 heterocycles. The number of nitrogens with zero attached hydrogens (tertiary/aromatic N) is 1. The highest BCUT2D eigenvalue weighted by Crippen LogP contribution is 2.33. The average Bonchev–Trinajstić information content (AvgIpc) is 2.70. The fourth-order valence-corrected chi connectivity index (χ4v) is 3.38. The van der Waals surface area contributed by atoms with Gasteiger partial charge in [-0.3, -0.25) is 15.0 Å². The number of rotatable bonds is 7. The molecule has 0 radical (unpaired) electrons. The lowest BCUT2D eigenvalue weighted by Gasteiger charge is -2.29. The molecule has 2 aromatic carbocycles. The number of carbonyl (C=O) groups is 2. The fraction of sp³-hybridized carbons (Fsp3) is 0.364. The number of amides is 3. The second-order valence-electron chi connectivity index (χ2n) is 6.88. The number of benzene rings is 2. The van der Waals surface area contributed by atoms with Crippen LogP contribution >= 0.6 is 0 Å². The quantitative estimate of drug-likeness (QED) is 0.725. The lowest BCUT2D eigenvalue weighted by molar-refractivity contribution is -0.121. The highest BCUT2D eigenvalue weighted by molar-refractivity contribution is 6.01. The van der Waals surface area contributed by atoms with Gasteiger partial charge >= 0.3 is 6.03 Å². The third-order valence-corrected chi connectivity index (χ3v) is 4.70. The molecule has 0 saturated heterocycles. The number of ether oxygens (including phenoxy) is 2. The molecular formula is C22H26FN3O4. The van der Waals surface area contributed by atoms with Gasteiger partial charge in [0.25, 0.3) is 0 Å². The molecule has 8 heteroatoms. The van der Waals surface area contributed by atoms with Crippen molar-refractivity contribution in [3.63, 3.8) is 0 Å². The molecule has 30 heavy (non-hydrogen) atoms. The molecule has 0 atom stereocenters. The SMILES string of the molecule is CCOc1cc2c(cc1OCC)CN(CC(=O)NC(=O)Nc1ccccc1F)CC2. The van der Waals surface area contributed by atoms with E-state index >= 15 is 0 Å². The third kappa shape index (κ3) is 5.48. The van der Waals surface area contributed by atoms with Crippen molar-refractivity contribution in [3.8, 4) is 11.5 Å².